The molecule has 0 aliphatic carbocycles. The van der Waals surface area contributed by atoms with E-state index in [0.29, 0.717) is 0 Å². The quantitative estimate of drug-likeness (QED) is 0.256. The van der Waals surface area contributed by atoms with E-state index in [1.807, 2.05) is 58.0 Å². The number of hydrogen-bond acceptors (Lipinski definition) is 4. The van der Waals surface area contributed by atoms with E-state index in [-0.39, 0.29) is 10.6 Å². The van der Waals surface area contributed by atoms with Crippen LogP contribution in [0.5, 0.6) is 0 Å². The predicted molar refractivity (Wildman–Crippen MR) is 126 cm³/mol. The highest BCUT2D eigenvalue weighted by atomic mass is 28.3. The normalized spacial score (nSPS) is 18.8. The fourth-order valence-electron chi connectivity index (χ4n) is 3.72. The van der Waals surface area contributed by atoms with Crippen molar-refractivity contribution in [1.82, 2.24) is 0 Å². The molecule has 1 aliphatic heterocycles. The van der Waals surface area contributed by atoms with Crippen LogP contribution in [0.25, 0.3) is 10.7 Å². The Bertz CT molecular complexity index is 947. The number of nitrogens with zero attached hydrogens (tertiary/aromatic N) is 1. The van der Waals surface area contributed by atoms with Gasteiger partial charge in [-0.1, -0.05) is 55.2 Å². The first-order valence-corrected chi connectivity index (χ1v) is 13.7. The molecule has 2 aromatic rings. The highest BCUT2D eigenvalue weighted by Crippen LogP contribution is 2.44. The Labute approximate surface area is 180 Å². The molecular formula is C23H30BNO4Si. The van der Waals surface area contributed by atoms with E-state index in [9.17, 15) is 10.1 Å². The van der Waals surface area contributed by atoms with Crippen molar-refractivity contribution < 1.29 is 14.2 Å². The minimum absolute atomic E-state index is 0.0706. The van der Waals surface area contributed by atoms with Gasteiger partial charge in [0.05, 0.1) is 24.2 Å². The minimum Gasteiger partial charge on any atom is -0.399 e. The smallest absolute Gasteiger partial charge is 0.399 e. The van der Waals surface area contributed by atoms with Crippen molar-refractivity contribution in [3.63, 3.8) is 0 Å². The van der Waals surface area contributed by atoms with Gasteiger partial charge in [0.1, 0.15) is 0 Å². The first-order chi connectivity index (χ1) is 13.8. The van der Waals surface area contributed by atoms with Crippen molar-refractivity contribution in [3.8, 4) is 0 Å². The molecule has 158 valence electrons. The molecule has 2 aromatic carbocycles. The fraction of sp³-hybridized carbons (Fsp3) is 0.391. The van der Waals surface area contributed by atoms with E-state index in [1.54, 1.807) is 12.1 Å². The van der Waals surface area contributed by atoms with Gasteiger partial charge in [0.2, 0.25) is 0 Å². The summed E-state index contributed by atoms with van der Waals surface area (Å²) in [6, 6.07) is 17.0. The molecule has 1 fully saturated rings. The van der Waals surface area contributed by atoms with Crippen molar-refractivity contribution in [2.75, 3.05) is 0 Å². The molecule has 1 saturated heterocycles. The van der Waals surface area contributed by atoms with Crippen LogP contribution in [0.1, 0.15) is 38.8 Å². The first-order valence-electron chi connectivity index (χ1n) is 10.2. The molecule has 0 bridgehead atoms. The number of nitro groups is 1. The van der Waals surface area contributed by atoms with E-state index in [0.717, 1.165) is 16.6 Å². The van der Waals surface area contributed by atoms with Gasteiger partial charge in [-0.2, -0.15) is 0 Å². The van der Waals surface area contributed by atoms with E-state index >= 15 is 0 Å². The Morgan fingerprint density at radius 2 is 1.37 bits per heavy atom. The molecule has 0 amide bonds. The second kappa shape index (κ2) is 7.80. The van der Waals surface area contributed by atoms with Crippen LogP contribution >= 0.6 is 0 Å². The Morgan fingerprint density at radius 3 is 1.80 bits per heavy atom. The number of benzene rings is 2. The van der Waals surface area contributed by atoms with E-state index in [4.69, 9.17) is 9.31 Å². The molecule has 0 spiro atoms. The van der Waals surface area contributed by atoms with Crippen molar-refractivity contribution >= 4 is 31.5 Å². The Morgan fingerprint density at radius 1 is 0.867 bits per heavy atom. The standard InChI is InChI=1S/C23H30BNO4Si/c1-22(2)23(3,4)29-24(28-22)20(17-13-15-19(16-14-17)25(26)27)21(30(5,6)7)18-11-9-8-10-12-18/h8-16H,1-7H3/b21-20+. The third-order valence-corrected chi connectivity index (χ3v) is 8.02. The zero-order valence-corrected chi connectivity index (χ0v) is 19.9. The number of hydrogen-bond donors (Lipinski definition) is 0. The third-order valence-electron chi connectivity index (χ3n) is 5.96. The molecule has 7 heteroatoms. The van der Waals surface area contributed by atoms with Gasteiger partial charge in [0, 0.05) is 12.1 Å². The van der Waals surface area contributed by atoms with Crippen molar-refractivity contribution in [2.45, 2.75) is 58.5 Å². The van der Waals surface area contributed by atoms with Crippen LogP contribution < -0.4 is 0 Å². The van der Waals surface area contributed by atoms with Crippen molar-refractivity contribution in [2.24, 2.45) is 0 Å². The number of non-ortho nitro benzene ring substituents is 1. The summed E-state index contributed by atoms with van der Waals surface area (Å²) in [7, 11) is -2.44. The monoisotopic (exact) mass is 423 g/mol. The Balaban J connectivity index is 2.28. The summed E-state index contributed by atoms with van der Waals surface area (Å²) in [4.78, 5) is 10.8. The third kappa shape index (κ3) is 4.29. The second-order valence-electron chi connectivity index (χ2n) is 9.80. The van der Waals surface area contributed by atoms with Crippen LogP contribution in [-0.4, -0.2) is 31.3 Å². The van der Waals surface area contributed by atoms with Gasteiger partial charge in [-0.25, -0.2) is 0 Å². The summed E-state index contributed by atoms with van der Waals surface area (Å²) < 4.78 is 12.9. The van der Waals surface area contributed by atoms with Crippen LogP contribution in [-0.2, 0) is 9.31 Å². The number of nitro benzene ring substituents is 1. The molecule has 5 nitrogen and oxygen atoms in total. The SMILES string of the molecule is CC1(C)OB(/C(=C(\c2ccccc2)[Si](C)(C)C)c2ccc([N+](=O)[O-])cc2)OC1(C)C. The molecular weight excluding hydrogens is 393 g/mol. The summed E-state index contributed by atoms with van der Waals surface area (Å²) in [5.74, 6) is 0. The molecule has 0 saturated carbocycles. The highest BCUT2D eigenvalue weighted by Gasteiger charge is 2.53. The predicted octanol–water partition coefficient (Wildman–Crippen LogP) is 6.01. The molecule has 1 aliphatic rings. The summed E-state index contributed by atoms with van der Waals surface area (Å²) >= 11 is 0. The van der Waals surface area contributed by atoms with Crippen molar-refractivity contribution in [3.05, 3.63) is 75.8 Å². The summed E-state index contributed by atoms with van der Waals surface area (Å²) in [6.07, 6.45) is 0. The van der Waals surface area contributed by atoms with Gasteiger partial charge >= 0.3 is 7.12 Å². The molecule has 30 heavy (non-hydrogen) atoms. The largest absolute Gasteiger partial charge is 0.495 e. The lowest BCUT2D eigenvalue weighted by molar-refractivity contribution is -0.384. The second-order valence-corrected chi connectivity index (χ2v) is 14.8. The van der Waals surface area contributed by atoms with E-state index in [2.05, 4.69) is 31.8 Å². The van der Waals surface area contributed by atoms with Crippen LogP contribution in [0.15, 0.2) is 54.6 Å². The van der Waals surface area contributed by atoms with Crippen LogP contribution in [0.4, 0.5) is 5.69 Å². The van der Waals surface area contributed by atoms with E-state index in [1.165, 1.54) is 5.20 Å². The zero-order chi connectivity index (χ0) is 22.3. The average Bonchev–Trinajstić information content (AvgIpc) is 2.86. The lowest BCUT2D eigenvalue weighted by Crippen LogP contribution is -2.41. The van der Waals surface area contributed by atoms with Gasteiger partial charge in [-0.3, -0.25) is 10.1 Å². The lowest BCUT2D eigenvalue weighted by atomic mass is 9.73. The average molecular weight is 423 g/mol. The first kappa shape index (κ1) is 22.5. The van der Waals surface area contributed by atoms with E-state index < -0.39 is 26.4 Å². The van der Waals surface area contributed by atoms with Crippen LogP contribution in [0, 0.1) is 10.1 Å². The maximum absolute atomic E-state index is 11.2. The van der Waals surface area contributed by atoms with Gasteiger partial charge in [-0.05, 0) is 56.4 Å². The van der Waals surface area contributed by atoms with Gasteiger partial charge in [-0.15, -0.1) is 0 Å². The Kier molecular flexibility index (Phi) is 5.84. The molecule has 0 unspecified atom stereocenters. The highest BCUT2D eigenvalue weighted by molar-refractivity contribution is 6.98. The maximum Gasteiger partial charge on any atom is 0.495 e. The van der Waals surface area contributed by atoms with Crippen molar-refractivity contribution in [1.29, 1.82) is 0 Å². The molecule has 0 atom stereocenters. The minimum atomic E-state index is -1.88. The maximum atomic E-state index is 11.2. The lowest BCUT2D eigenvalue weighted by Gasteiger charge is -2.32. The molecule has 0 aromatic heterocycles. The van der Waals surface area contributed by atoms with Gasteiger partial charge in [0.15, 0.2) is 0 Å². The topological polar surface area (TPSA) is 61.6 Å². The van der Waals surface area contributed by atoms with Gasteiger partial charge < -0.3 is 9.31 Å². The summed E-state index contributed by atoms with van der Waals surface area (Å²) in [5.41, 5.74) is 2.10. The molecule has 0 radical (unpaired) electrons. The van der Waals surface area contributed by atoms with Crippen LogP contribution in [0.2, 0.25) is 19.6 Å². The summed E-state index contributed by atoms with van der Waals surface area (Å²) in [5, 5.41) is 12.4. The number of rotatable bonds is 5. The van der Waals surface area contributed by atoms with Crippen LogP contribution in [0.3, 0.4) is 0 Å². The molecule has 1 heterocycles. The fourth-order valence-corrected chi connectivity index (χ4v) is 5.82. The molecule has 0 N–H and O–H groups in total. The summed E-state index contributed by atoms with van der Waals surface area (Å²) in [6.45, 7) is 15.0. The Hall–Kier alpha value is -2.22. The zero-order valence-electron chi connectivity index (χ0n) is 18.9. The molecule has 3 rings (SSSR count). The van der Waals surface area contributed by atoms with Gasteiger partial charge in [0.25, 0.3) is 5.69 Å².